The summed E-state index contributed by atoms with van der Waals surface area (Å²) in [6.45, 7) is 1.35. The number of hydrogen-bond acceptors (Lipinski definition) is 5. The lowest BCUT2D eigenvalue weighted by atomic mass is 10.2. The lowest BCUT2D eigenvalue weighted by molar-refractivity contribution is -0.130. The van der Waals surface area contributed by atoms with E-state index in [4.69, 9.17) is 4.74 Å². The molecule has 2 amide bonds. The molecule has 0 aliphatic heterocycles. The Labute approximate surface area is 154 Å². The molecule has 8 heteroatoms. The lowest BCUT2D eigenvalue weighted by Gasteiger charge is -2.11. The first kappa shape index (κ1) is 18.1. The summed E-state index contributed by atoms with van der Waals surface area (Å²) in [6.07, 6.45) is 1.30. The zero-order chi connectivity index (χ0) is 19.2. The van der Waals surface area contributed by atoms with Crippen molar-refractivity contribution in [3.63, 3.8) is 0 Å². The molecule has 0 saturated heterocycles. The van der Waals surface area contributed by atoms with Gasteiger partial charge in [0, 0.05) is 0 Å². The van der Waals surface area contributed by atoms with Gasteiger partial charge in [0.15, 0.2) is 6.61 Å². The zero-order valence-electron chi connectivity index (χ0n) is 14.6. The number of rotatable bonds is 5. The lowest BCUT2D eigenvalue weighted by Crippen LogP contribution is -2.46. The van der Waals surface area contributed by atoms with Crippen molar-refractivity contribution in [2.24, 2.45) is 0 Å². The molecule has 0 radical (unpaired) electrons. The van der Waals surface area contributed by atoms with Crippen LogP contribution in [-0.4, -0.2) is 28.0 Å². The molecule has 0 aliphatic carbocycles. The minimum absolute atomic E-state index is 0.247. The Balaban J connectivity index is 1.52. The van der Waals surface area contributed by atoms with Crippen molar-refractivity contribution in [3.05, 3.63) is 70.8 Å². The Morgan fingerprint density at radius 2 is 1.74 bits per heavy atom. The Bertz CT molecular complexity index is 1050. The predicted molar refractivity (Wildman–Crippen MR) is 99.0 cm³/mol. The summed E-state index contributed by atoms with van der Waals surface area (Å²) < 4.78 is 6.56. The number of hydrazine groups is 1. The van der Waals surface area contributed by atoms with Crippen LogP contribution in [0.2, 0.25) is 0 Å². The number of carbonyl (C=O) groups excluding carboxylic acids is 2. The summed E-state index contributed by atoms with van der Waals surface area (Å²) in [4.78, 5) is 40.2. The molecular formula is C19H18N4O4. The molecular weight excluding hydrogens is 348 g/mol. The number of aryl methyl sites for hydroxylation is 1. The van der Waals surface area contributed by atoms with Gasteiger partial charge in [-0.15, -0.1) is 0 Å². The number of amides is 2. The van der Waals surface area contributed by atoms with Crippen LogP contribution in [0, 0.1) is 6.92 Å². The first-order chi connectivity index (χ1) is 13.0. The second kappa shape index (κ2) is 8.13. The SMILES string of the molecule is Cc1ccccc1OCC(=O)NNC(=O)Cn1cnc2ccccc2c1=O. The van der Waals surface area contributed by atoms with Gasteiger partial charge in [0.2, 0.25) is 0 Å². The number of para-hydroxylation sites is 2. The van der Waals surface area contributed by atoms with E-state index in [9.17, 15) is 14.4 Å². The van der Waals surface area contributed by atoms with Crippen molar-refractivity contribution < 1.29 is 14.3 Å². The van der Waals surface area contributed by atoms with Gasteiger partial charge in [0.25, 0.3) is 17.4 Å². The predicted octanol–water partition coefficient (Wildman–Crippen LogP) is 0.931. The molecule has 0 bridgehead atoms. The fourth-order valence-electron chi connectivity index (χ4n) is 2.45. The van der Waals surface area contributed by atoms with Crippen LogP contribution in [0.4, 0.5) is 0 Å². The van der Waals surface area contributed by atoms with Crippen LogP contribution in [-0.2, 0) is 16.1 Å². The molecule has 0 fully saturated rings. The first-order valence-electron chi connectivity index (χ1n) is 8.25. The van der Waals surface area contributed by atoms with E-state index in [1.165, 1.54) is 10.9 Å². The number of fused-ring (bicyclic) bond motifs is 1. The first-order valence-corrected chi connectivity index (χ1v) is 8.25. The Morgan fingerprint density at radius 1 is 1.04 bits per heavy atom. The number of carbonyl (C=O) groups is 2. The summed E-state index contributed by atoms with van der Waals surface area (Å²) in [7, 11) is 0. The summed E-state index contributed by atoms with van der Waals surface area (Å²) in [5, 5.41) is 0.420. The number of nitrogens with zero attached hydrogens (tertiary/aromatic N) is 2. The number of benzene rings is 2. The van der Waals surface area contributed by atoms with Crippen molar-refractivity contribution in [3.8, 4) is 5.75 Å². The summed E-state index contributed by atoms with van der Waals surface area (Å²) >= 11 is 0. The van der Waals surface area contributed by atoms with E-state index >= 15 is 0 Å². The minimum Gasteiger partial charge on any atom is -0.483 e. The van der Waals surface area contributed by atoms with Crippen LogP contribution < -0.4 is 21.1 Å². The van der Waals surface area contributed by atoms with Crippen molar-refractivity contribution >= 4 is 22.7 Å². The molecule has 0 spiro atoms. The van der Waals surface area contributed by atoms with Crippen LogP contribution in [0.25, 0.3) is 10.9 Å². The quantitative estimate of drug-likeness (QED) is 0.654. The number of ether oxygens (including phenoxy) is 1. The molecule has 3 rings (SSSR count). The summed E-state index contributed by atoms with van der Waals surface area (Å²) in [6, 6.07) is 14.2. The van der Waals surface area contributed by atoms with Crippen LogP contribution in [0.1, 0.15) is 5.56 Å². The van der Waals surface area contributed by atoms with Crippen molar-refractivity contribution in [2.75, 3.05) is 6.61 Å². The van der Waals surface area contributed by atoms with Crippen LogP contribution in [0.15, 0.2) is 59.7 Å². The molecule has 1 heterocycles. The molecule has 2 N–H and O–H groups in total. The number of nitrogens with one attached hydrogen (secondary N) is 2. The van der Waals surface area contributed by atoms with Gasteiger partial charge >= 0.3 is 0 Å². The summed E-state index contributed by atoms with van der Waals surface area (Å²) in [5.41, 5.74) is 5.63. The van der Waals surface area contributed by atoms with Gasteiger partial charge in [-0.25, -0.2) is 4.98 Å². The highest BCUT2D eigenvalue weighted by molar-refractivity contribution is 5.83. The maximum Gasteiger partial charge on any atom is 0.276 e. The molecule has 0 aliphatic rings. The van der Waals surface area contributed by atoms with Crippen molar-refractivity contribution in [2.45, 2.75) is 13.5 Å². The molecule has 2 aromatic carbocycles. The summed E-state index contributed by atoms with van der Waals surface area (Å²) in [5.74, 6) is -0.484. The maximum absolute atomic E-state index is 12.3. The van der Waals surface area contributed by atoms with E-state index in [2.05, 4.69) is 15.8 Å². The molecule has 27 heavy (non-hydrogen) atoms. The van der Waals surface area contributed by atoms with Gasteiger partial charge in [-0.1, -0.05) is 30.3 Å². The Kier molecular flexibility index (Phi) is 5.46. The largest absolute Gasteiger partial charge is 0.483 e. The van der Waals surface area contributed by atoms with E-state index in [-0.39, 0.29) is 18.7 Å². The van der Waals surface area contributed by atoms with E-state index in [0.29, 0.717) is 16.7 Å². The number of hydrogen-bond donors (Lipinski definition) is 2. The van der Waals surface area contributed by atoms with E-state index in [1.807, 2.05) is 19.1 Å². The van der Waals surface area contributed by atoms with Gasteiger partial charge in [-0.3, -0.25) is 29.8 Å². The average molecular weight is 366 g/mol. The fourth-order valence-corrected chi connectivity index (χ4v) is 2.45. The Hall–Kier alpha value is -3.68. The molecule has 1 aromatic heterocycles. The fraction of sp³-hybridized carbons (Fsp3) is 0.158. The third-order valence-corrected chi connectivity index (χ3v) is 3.84. The highest BCUT2D eigenvalue weighted by Crippen LogP contribution is 2.15. The second-order valence-corrected chi connectivity index (χ2v) is 5.85. The van der Waals surface area contributed by atoms with E-state index < -0.39 is 11.8 Å². The molecule has 3 aromatic rings. The maximum atomic E-state index is 12.3. The van der Waals surface area contributed by atoms with Crippen molar-refractivity contribution in [1.82, 2.24) is 20.4 Å². The van der Waals surface area contributed by atoms with Crippen LogP contribution in [0.3, 0.4) is 0 Å². The third kappa shape index (κ3) is 4.49. The molecule has 0 unspecified atom stereocenters. The monoisotopic (exact) mass is 366 g/mol. The zero-order valence-corrected chi connectivity index (χ0v) is 14.6. The van der Waals surface area contributed by atoms with Gasteiger partial charge in [-0.05, 0) is 30.7 Å². The third-order valence-electron chi connectivity index (χ3n) is 3.84. The minimum atomic E-state index is -0.557. The molecule has 0 atom stereocenters. The normalized spacial score (nSPS) is 10.4. The van der Waals surface area contributed by atoms with Gasteiger partial charge < -0.3 is 4.74 Å². The topological polar surface area (TPSA) is 102 Å². The molecule has 8 nitrogen and oxygen atoms in total. The highest BCUT2D eigenvalue weighted by Gasteiger charge is 2.10. The molecule has 138 valence electrons. The van der Waals surface area contributed by atoms with Gasteiger partial charge in [0.05, 0.1) is 17.2 Å². The second-order valence-electron chi connectivity index (χ2n) is 5.85. The van der Waals surface area contributed by atoms with Gasteiger partial charge in [-0.2, -0.15) is 0 Å². The Morgan fingerprint density at radius 3 is 2.56 bits per heavy atom. The van der Waals surface area contributed by atoms with E-state index in [1.54, 1.807) is 36.4 Å². The standard InChI is InChI=1S/C19H18N4O4/c1-13-6-2-5-9-16(13)27-11-18(25)22-21-17(24)10-23-12-20-15-8-4-3-7-14(15)19(23)26/h2-9,12H,10-11H2,1H3,(H,21,24)(H,22,25). The van der Waals surface area contributed by atoms with Gasteiger partial charge in [0.1, 0.15) is 12.3 Å². The highest BCUT2D eigenvalue weighted by atomic mass is 16.5. The smallest absolute Gasteiger partial charge is 0.276 e. The van der Waals surface area contributed by atoms with Crippen LogP contribution >= 0.6 is 0 Å². The number of aromatic nitrogens is 2. The van der Waals surface area contributed by atoms with Crippen molar-refractivity contribution in [1.29, 1.82) is 0 Å². The van der Waals surface area contributed by atoms with Crippen LogP contribution in [0.5, 0.6) is 5.75 Å². The van der Waals surface area contributed by atoms with E-state index in [0.717, 1.165) is 5.56 Å². The average Bonchev–Trinajstić information content (AvgIpc) is 2.68. The molecule has 0 saturated carbocycles.